The number of ether oxygens (including phenoxy) is 7. The van der Waals surface area contributed by atoms with E-state index in [4.69, 9.17) is 70.7 Å². The first-order valence-electron chi connectivity index (χ1n) is 42.2. The van der Waals surface area contributed by atoms with Crippen molar-refractivity contribution in [2.75, 3.05) is 40.0 Å². The Morgan fingerprint density at radius 1 is 0.635 bits per heavy atom. The number of esters is 3. The van der Waals surface area contributed by atoms with Gasteiger partial charge in [-0.05, 0) is 197 Å². The Labute approximate surface area is 733 Å². The number of benzene rings is 3. The molecule has 37 heteroatoms. The minimum absolute atomic E-state index is 0.00824. The van der Waals surface area contributed by atoms with E-state index in [1.807, 2.05) is 57.4 Å². The van der Waals surface area contributed by atoms with Crippen molar-refractivity contribution in [3.8, 4) is 28.8 Å². The molecule has 4 atom stereocenters. The lowest BCUT2D eigenvalue weighted by atomic mass is 9.90. The zero-order valence-corrected chi connectivity index (χ0v) is 76.4. The number of hydrogen-bond donors (Lipinski definition) is 8. The van der Waals surface area contributed by atoms with Crippen molar-refractivity contribution >= 4 is 108 Å². The van der Waals surface area contributed by atoms with Gasteiger partial charge >= 0.3 is 17.9 Å². The number of rotatable bonds is 43. The number of ketones is 3. The molecule has 0 unspecified atom stereocenters. The predicted octanol–water partition coefficient (Wildman–Crippen LogP) is 8.91. The number of guanidine groups is 1. The number of sulfonamides is 1. The molecule has 0 bridgehead atoms. The van der Waals surface area contributed by atoms with Crippen LogP contribution >= 0.6 is 0 Å². The number of Topliss-reactive ketones (excluding diaryl/α,β-unsaturated/α-hetero) is 3. The van der Waals surface area contributed by atoms with Gasteiger partial charge in [0.15, 0.2) is 23.2 Å². The predicted molar refractivity (Wildman–Crippen MR) is 470 cm³/mol. The average molecular weight is 1770 g/mol. The summed E-state index contributed by atoms with van der Waals surface area (Å²) < 4.78 is 78.8. The first-order chi connectivity index (χ1) is 59.0. The summed E-state index contributed by atoms with van der Waals surface area (Å²) in [5, 5.41) is 27.2. The molecule has 0 aliphatic carbocycles. The number of nitrogens with two attached hydrogens (primary N) is 3. The third kappa shape index (κ3) is 25.4. The lowest BCUT2D eigenvalue weighted by Crippen LogP contribution is -2.48. The van der Waals surface area contributed by atoms with E-state index in [1.165, 1.54) is 12.1 Å². The fraction of sp³-hybridized carbons (Fsp3) is 0.528. The van der Waals surface area contributed by atoms with Crippen LogP contribution in [-0.2, 0) is 102 Å². The Bertz CT molecular complexity index is 5640. The minimum atomic E-state index is -4.37. The first-order valence-corrected chi connectivity index (χ1v) is 43.7. The average Bonchev–Trinajstić information content (AvgIpc) is 1.33. The van der Waals surface area contributed by atoms with Gasteiger partial charge in [0, 0.05) is 118 Å². The van der Waals surface area contributed by atoms with Gasteiger partial charge in [0.2, 0.25) is 29.6 Å². The van der Waals surface area contributed by atoms with E-state index < -0.39 is 148 Å². The fourth-order valence-corrected chi connectivity index (χ4v) is 16.6. The van der Waals surface area contributed by atoms with Crippen molar-refractivity contribution < 1.29 is 89.5 Å². The summed E-state index contributed by atoms with van der Waals surface area (Å²) in [6.45, 7) is 32.1. The highest BCUT2D eigenvalue weighted by molar-refractivity contribution is 7.90. The third-order valence-electron chi connectivity index (χ3n) is 20.7. The van der Waals surface area contributed by atoms with Crippen LogP contribution in [-0.4, -0.2) is 191 Å². The van der Waals surface area contributed by atoms with Crippen LogP contribution in [0.3, 0.4) is 0 Å². The van der Waals surface area contributed by atoms with Crippen LogP contribution in [0.25, 0.3) is 44.5 Å². The van der Waals surface area contributed by atoms with E-state index >= 15 is 4.79 Å². The van der Waals surface area contributed by atoms with Crippen molar-refractivity contribution in [2.45, 2.75) is 261 Å². The molecule has 36 nitrogen and oxygen atoms in total. The maximum absolute atomic E-state index is 15.0. The van der Waals surface area contributed by atoms with Gasteiger partial charge in [-0.3, -0.25) is 62.7 Å². The monoisotopic (exact) mass is 1760 g/mol. The van der Waals surface area contributed by atoms with Crippen LogP contribution < -0.4 is 52.1 Å². The molecule has 0 fully saturated rings. The molecule has 11 N–H and O–H groups in total. The van der Waals surface area contributed by atoms with Crippen LogP contribution in [0.15, 0.2) is 59.6 Å². The van der Waals surface area contributed by atoms with Crippen LogP contribution in [0.2, 0.25) is 0 Å². The van der Waals surface area contributed by atoms with Crippen molar-refractivity contribution in [3.63, 3.8) is 0 Å². The maximum Gasteiger partial charge on any atom is 0.308 e. The van der Waals surface area contributed by atoms with Crippen molar-refractivity contribution in [1.82, 2.24) is 64.3 Å². The van der Waals surface area contributed by atoms with Gasteiger partial charge in [0.1, 0.15) is 68.0 Å². The molecule has 0 saturated carbocycles. The zero-order chi connectivity index (χ0) is 93.0. The van der Waals surface area contributed by atoms with Gasteiger partial charge < -0.3 is 75.4 Å². The van der Waals surface area contributed by atoms with E-state index in [1.54, 1.807) is 135 Å². The van der Waals surface area contributed by atoms with Gasteiger partial charge in [-0.1, -0.05) is 12.2 Å². The third-order valence-corrected chi connectivity index (χ3v) is 22.4. The molecule has 1 aliphatic heterocycles. The summed E-state index contributed by atoms with van der Waals surface area (Å²) in [5.74, 6) is -9.62. The van der Waals surface area contributed by atoms with E-state index in [9.17, 15) is 51.6 Å². The number of aryl methyl sites for hydroxylation is 4. The van der Waals surface area contributed by atoms with Crippen molar-refractivity contribution in [2.24, 2.45) is 29.0 Å². The second kappa shape index (κ2) is 41.0. The SMILES string of the molecule is CCn1nc(C)cc1C(=O)Cc1nc2cc(C(N)=O)cc(OCCCNC(=O)[C@H](CC(=O)OC(C)(C)C)CC(=O)[C@H](CC(=O)OC(C)(C)C)NC(=O)[C@H](CCCNC(=N)NS(=O)(=O)c3c(C)c(C)c4c(c3C)CC(C)(C)O4)CC(=O)[C@@H](N)CC(=O)OC(C)(C)C)c2n1C/C=C/Cn1c2nc(-c3cc(C)nn3CC)ncc2c2cc(C(N)=O)cc(OCCCOC)c21. The van der Waals surface area contributed by atoms with Gasteiger partial charge in [-0.2, -0.15) is 10.2 Å². The van der Waals surface area contributed by atoms with Crippen LogP contribution in [0.1, 0.15) is 218 Å². The Morgan fingerprint density at radius 2 is 1.21 bits per heavy atom. The maximum atomic E-state index is 15.0. The van der Waals surface area contributed by atoms with Gasteiger partial charge in [-0.25, -0.2) is 28.1 Å². The summed E-state index contributed by atoms with van der Waals surface area (Å²) in [7, 11) is -2.78. The van der Waals surface area contributed by atoms with Gasteiger partial charge in [-0.15, -0.1) is 0 Å². The number of aromatic nitrogens is 9. The lowest BCUT2D eigenvalue weighted by Gasteiger charge is -2.26. The molecule has 126 heavy (non-hydrogen) atoms. The second-order valence-electron chi connectivity index (χ2n) is 35.2. The Kier molecular flexibility index (Phi) is 31.8. The first kappa shape index (κ1) is 97.8. The molecular formula is C89H121N17O19S. The van der Waals surface area contributed by atoms with E-state index in [2.05, 4.69) is 30.9 Å². The summed E-state index contributed by atoms with van der Waals surface area (Å²) in [4.78, 5) is 155. The Morgan fingerprint density at radius 3 is 1.83 bits per heavy atom. The molecule has 6 heterocycles. The van der Waals surface area contributed by atoms with Gasteiger partial charge in [0.05, 0.1) is 84.2 Å². The molecule has 3 aromatic carbocycles. The summed E-state index contributed by atoms with van der Waals surface area (Å²) in [5.41, 5.74) is 21.1. The molecule has 0 radical (unpaired) electrons. The number of nitrogens with zero attached hydrogens (tertiary/aromatic N) is 9. The summed E-state index contributed by atoms with van der Waals surface area (Å²) in [6.07, 6.45) is 2.56. The quantitative estimate of drug-likeness (QED) is 0.00336. The molecule has 9 rings (SSSR count). The Hall–Kier alpha value is -12.0. The number of allylic oxidation sites excluding steroid dienone is 2. The van der Waals surface area contributed by atoms with Crippen LogP contribution in [0, 0.1) is 51.9 Å². The lowest BCUT2D eigenvalue weighted by molar-refractivity contribution is -0.159. The number of fused-ring (bicyclic) bond motifs is 5. The number of carbonyl (C=O) groups is 10. The number of primary amides is 2. The van der Waals surface area contributed by atoms with E-state index in [-0.39, 0.29) is 104 Å². The van der Waals surface area contributed by atoms with Crippen LogP contribution in [0.4, 0.5) is 0 Å². The number of imidazole rings is 1. The molecule has 0 saturated heterocycles. The normalized spacial score (nSPS) is 13.8. The number of carbonyl (C=O) groups excluding carboxylic acids is 10. The second-order valence-corrected chi connectivity index (χ2v) is 36.8. The smallest absolute Gasteiger partial charge is 0.308 e. The Balaban J connectivity index is 0.979. The molecule has 1 aliphatic rings. The summed E-state index contributed by atoms with van der Waals surface area (Å²) in [6, 6.07) is 6.53. The standard InChI is InChI=1S/C89H121N17O19S/c1-20-105-64(35-49(3)100-105)68(109)46-71-97-63-38-56(80(92)114)42-70(76(63)103(71)30-22-23-31-104-75-58(37-55(79(91)113)41-69(75)121-34-26-32-119-19)60-48-96-81(99-82(60)104)65-36-50(4)101-106(65)21-2)120-33-25-29-94-83(115)57(43-72(110)122-86(8,9)10)40-67(108)62(45-74(112)124-88(14,15)16)98-84(116)54(39-66(107)61(90)44-73(111)123-87(11,12)13)27-24-28-95-85(93)102-126(117,118)78-52(6)51(5)77-59(53(78)7)47-89(17,18)125-77/h22-23,35-38,41-42,48,54,57,61-62H,20-21,24-34,39-40,43-47,90H2,1-19H3,(H2,91,113)(H2,92,114)(H,94,115)(H,98,116)(H3,93,95,102)/b23-22+/t54-,57+,61+,62+/m1/s1. The molecule has 8 aromatic rings. The number of amides is 4. The van der Waals surface area contributed by atoms with E-state index in [0.29, 0.717) is 111 Å². The minimum Gasteiger partial charge on any atom is -0.491 e. The molecule has 682 valence electrons. The topological polar surface area (TPSA) is 504 Å². The highest BCUT2D eigenvalue weighted by Crippen LogP contribution is 2.44. The largest absolute Gasteiger partial charge is 0.491 e. The molecule has 0 spiro atoms. The summed E-state index contributed by atoms with van der Waals surface area (Å²) >= 11 is 0. The highest BCUT2D eigenvalue weighted by Gasteiger charge is 2.40. The number of methoxy groups -OCH3 is 1. The number of nitrogens with one attached hydrogen (secondary N) is 5. The zero-order valence-electron chi connectivity index (χ0n) is 75.6. The van der Waals surface area contributed by atoms with Crippen molar-refractivity contribution in [1.29, 1.82) is 5.41 Å². The van der Waals surface area contributed by atoms with Gasteiger partial charge in [0.25, 0.3) is 10.0 Å². The van der Waals surface area contributed by atoms with Crippen LogP contribution in [0.5, 0.6) is 17.2 Å². The molecule has 5 aromatic heterocycles. The highest BCUT2D eigenvalue weighted by atomic mass is 32.2. The fourth-order valence-electron chi connectivity index (χ4n) is 15.1. The molecular weight excluding hydrogens is 1640 g/mol. The van der Waals surface area contributed by atoms with E-state index in [0.717, 1.165) is 11.3 Å². The van der Waals surface area contributed by atoms with Crippen molar-refractivity contribution in [3.05, 3.63) is 111 Å². The molecule has 4 amide bonds. The number of hydrogen-bond acceptors (Lipinski definition) is 26.